The number of rotatable bonds is 4. The largest absolute Gasteiger partial charge is 0.457 e. The van der Waals surface area contributed by atoms with Crippen LogP contribution >= 0.6 is 11.6 Å². The molecule has 0 spiro atoms. The van der Waals surface area contributed by atoms with Crippen LogP contribution in [0.3, 0.4) is 0 Å². The van der Waals surface area contributed by atoms with Crippen molar-refractivity contribution in [1.29, 1.82) is 0 Å². The molecule has 7 nitrogen and oxygen atoms in total. The van der Waals surface area contributed by atoms with Gasteiger partial charge in [-0.3, -0.25) is 0 Å². The third-order valence-corrected chi connectivity index (χ3v) is 4.86. The first-order valence-corrected chi connectivity index (χ1v) is 9.08. The van der Waals surface area contributed by atoms with Crippen LogP contribution in [0.15, 0.2) is 45.9 Å². The molecule has 0 fully saturated rings. The SMILES string of the molecule is CCc1cc2oc(=O)cc(COC(=O)c3c(C)nn4cccnc34)c2cc1Cl. The molecule has 0 saturated carbocycles. The molecule has 0 unspecified atom stereocenters. The number of fused-ring (bicyclic) bond motifs is 2. The standard InChI is InChI=1S/C20H16ClN3O4/c1-3-12-7-16-14(9-15(12)21)13(8-17(25)28-16)10-27-20(26)18-11(2)23-24-6-4-5-22-19(18)24/h4-9H,3,10H2,1-2H3. The summed E-state index contributed by atoms with van der Waals surface area (Å²) >= 11 is 6.30. The van der Waals surface area contributed by atoms with Crippen molar-refractivity contribution >= 4 is 34.2 Å². The number of hydrogen-bond acceptors (Lipinski definition) is 6. The van der Waals surface area contributed by atoms with Gasteiger partial charge in [0.25, 0.3) is 0 Å². The van der Waals surface area contributed by atoms with Crippen LogP contribution in [0.4, 0.5) is 0 Å². The highest BCUT2D eigenvalue weighted by atomic mass is 35.5. The molecule has 0 saturated heterocycles. The van der Waals surface area contributed by atoms with Crippen molar-refractivity contribution in [3.63, 3.8) is 0 Å². The number of aryl methyl sites for hydroxylation is 2. The Kier molecular flexibility index (Phi) is 4.60. The zero-order chi connectivity index (χ0) is 19.8. The summed E-state index contributed by atoms with van der Waals surface area (Å²) < 4.78 is 12.3. The van der Waals surface area contributed by atoms with Gasteiger partial charge in [0.2, 0.25) is 0 Å². The fourth-order valence-corrected chi connectivity index (χ4v) is 3.43. The predicted molar refractivity (Wildman–Crippen MR) is 104 cm³/mol. The number of hydrogen-bond donors (Lipinski definition) is 0. The molecule has 4 rings (SSSR count). The zero-order valence-corrected chi connectivity index (χ0v) is 16.0. The Morgan fingerprint density at radius 3 is 2.89 bits per heavy atom. The molecular formula is C20H16ClN3O4. The van der Waals surface area contributed by atoms with Gasteiger partial charge in [0.15, 0.2) is 5.65 Å². The summed E-state index contributed by atoms with van der Waals surface area (Å²) in [6.07, 6.45) is 3.99. The van der Waals surface area contributed by atoms with Crippen LogP contribution in [0, 0.1) is 6.92 Å². The van der Waals surface area contributed by atoms with Gasteiger partial charge in [0.1, 0.15) is 17.8 Å². The number of benzene rings is 1. The fourth-order valence-electron chi connectivity index (χ4n) is 3.13. The minimum Gasteiger partial charge on any atom is -0.457 e. The summed E-state index contributed by atoms with van der Waals surface area (Å²) in [5.74, 6) is -0.566. The molecule has 0 N–H and O–H groups in total. The molecule has 8 heteroatoms. The summed E-state index contributed by atoms with van der Waals surface area (Å²) in [5.41, 5.74) is 2.50. The summed E-state index contributed by atoms with van der Waals surface area (Å²) in [7, 11) is 0. The van der Waals surface area contributed by atoms with E-state index in [4.69, 9.17) is 20.8 Å². The Morgan fingerprint density at radius 2 is 2.11 bits per heavy atom. The van der Waals surface area contributed by atoms with Crippen molar-refractivity contribution in [2.24, 2.45) is 0 Å². The normalized spacial score (nSPS) is 11.2. The number of carbonyl (C=O) groups is 1. The second-order valence-electron chi connectivity index (χ2n) is 6.31. The molecule has 0 bridgehead atoms. The first kappa shape index (κ1) is 18.2. The second kappa shape index (κ2) is 7.09. The average molecular weight is 398 g/mol. The molecule has 0 aliphatic rings. The molecule has 0 atom stereocenters. The molecule has 3 aromatic heterocycles. The van der Waals surface area contributed by atoms with Crippen molar-refractivity contribution < 1.29 is 13.9 Å². The quantitative estimate of drug-likeness (QED) is 0.385. The number of ether oxygens (including phenoxy) is 1. The van der Waals surface area contributed by atoms with Crippen molar-refractivity contribution in [1.82, 2.24) is 14.6 Å². The number of esters is 1. The van der Waals surface area contributed by atoms with E-state index >= 15 is 0 Å². The second-order valence-corrected chi connectivity index (χ2v) is 6.72. The van der Waals surface area contributed by atoms with Crippen molar-refractivity contribution in [3.05, 3.63) is 74.5 Å². The smallest absolute Gasteiger partial charge is 0.344 e. The highest BCUT2D eigenvalue weighted by Gasteiger charge is 2.20. The van der Waals surface area contributed by atoms with Gasteiger partial charge in [-0.05, 0) is 37.1 Å². The molecule has 0 aliphatic carbocycles. The highest BCUT2D eigenvalue weighted by Crippen LogP contribution is 2.27. The Hall–Kier alpha value is -3.19. The van der Waals surface area contributed by atoms with Gasteiger partial charge in [-0.1, -0.05) is 18.5 Å². The molecule has 3 heterocycles. The van der Waals surface area contributed by atoms with E-state index in [1.54, 1.807) is 37.5 Å². The summed E-state index contributed by atoms with van der Waals surface area (Å²) in [5, 5.41) is 5.45. The topological polar surface area (TPSA) is 86.7 Å². The average Bonchev–Trinajstić information content (AvgIpc) is 3.01. The zero-order valence-electron chi connectivity index (χ0n) is 15.2. The monoisotopic (exact) mass is 397 g/mol. The molecular weight excluding hydrogens is 382 g/mol. The van der Waals surface area contributed by atoms with E-state index in [0.29, 0.717) is 44.9 Å². The molecule has 4 aromatic rings. The van der Waals surface area contributed by atoms with Gasteiger partial charge in [0, 0.05) is 34.4 Å². The Balaban J connectivity index is 1.69. The fraction of sp³-hybridized carbons (Fsp3) is 0.200. The van der Waals surface area contributed by atoms with Gasteiger partial charge in [-0.15, -0.1) is 0 Å². The van der Waals surface area contributed by atoms with Crippen LogP contribution in [-0.2, 0) is 17.8 Å². The number of aromatic nitrogens is 3. The summed E-state index contributed by atoms with van der Waals surface area (Å²) in [6, 6.07) is 6.49. The maximum Gasteiger partial charge on any atom is 0.344 e. The first-order chi connectivity index (χ1) is 13.5. The van der Waals surface area contributed by atoms with Crippen LogP contribution < -0.4 is 5.63 Å². The maximum atomic E-state index is 12.7. The third kappa shape index (κ3) is 3.14. The van der Waals surface area contributed by atoms with E-state index < -0.39 is 11.6 Å². The Morgan fingerprint density at radius 1 is 1.29 bits per heavy atom. The predicted octanol–water partition coefficient (Wildman–Crippen LogP) is 3.72. The molecule has 1 aromatic carbocycles. The lowest BCUT2D eigenvalue weighted by molar-refractivity contribution is 0.0475. The summed E-state index contributed by atoms with van der Waals surface area (Å²) in [6.45, 7) is 3.57. The molecule has 0 aliphatic heterocycles. The van der Waals surface area contributed by atoms with Crippen LogP contribution in [0.5, 0.6) is 0 Å². The molecule has 142 valence electrons. The van der Waals surface area contributed by atoms with Gasteiger partial charge < -0.3 is 9.15 Å². The van der Waals surface area contributed by atoms with Crippen LogP contribution in [0.2, 0.25) is 5.02 Å². The van der Waals surface area contributed by atoms with Crippen LogP contribution in [-0.4, -0.2) is 20.6 Å². The number of nitrogens with zero attached hydrogens (tertiary/aromatic N) is 3. The molecule has 0 amide bonds. The molecule has 28 heavy (non-hydrogen) atoms. The van der Waals surface area contributed by atoms with E-state index in [1.165, 1.54) is 10.6 Å². The van der Waals surface area contributed by atoms with E-state index in [9.17, 15) is 9.59 Å². The third-order valence-electron chi connectivity index (χ3n) is 4.51. The maximum absolute atomic E-state index is 12.7. The Labute approximate surface area is 164 Å². The van der Waals surface area contributed by atoms with Crippen molar-refractivity contribution in [2.75, 3.05) is 0 Å². The van der Waals surface area contributed by atoms with Crippen LogP contribution in [0.1, 0.15) is 34.1 Å². The summed E-state index contributed by atoms with van der Waals surface area (Å²) in [4.78, 5) is 28.8. The highest BCUT2D eigenvalue weighted by molar-refractivity contribution is 6.32. The minimum absolute atomic E-state index is 0.105. The lowest BCUT2D eigenvalue weighted by Gasteiger charge is -2.09. The lowest BCUT2D eigenvalue weighted by atomic mass is 10.1. The number of carbonyl (C=O) groups excluding carboxylic acids is 1. The van der Waals surface area contributed by atoms with Crippen LogP contribution in [0.25, 0.3) is 16.6 Å². The van der Waals surface area contributed by atoms with E-state index in [1.807, 2.05) is 6.92 Å². The van der Waals surface area contributed by atoms with Gasteiger partial charge >= 0.3 is 11.6 Å². The Bertz CT molecular complexity index is 1280. The minimum atomic E-state index is -0.566. The van der Waals surface area contributed by atoms with Crippen molar-refractivity contribution in [2.45, 2.75) is 26.9 Å². The van der Waals surface area contributed by atoms with E-state index in [2.05, 4.69) is 10.1 Å². The van der Waals surface area contributed by atoms with E-state index in [-0.39, 0.29) is 6.61 Å². The first-order valence-electron chi connectivity index (χ1n) is 8.70. The van der Waals surface area contributed by atoms with Gasteiger partial charge in [-0.2, -0.15) is 5.10 Å². The van der Waals surface area contributed by atoms with E-state index in [0.717, 1.165) is 5.56 Å². The molecule has 0 radical (unpaired) electrons. The van der Waals surface area contributed by atoms with Gasteiger partial charge in [0.05, 0.1) is 5.69 Å². The lowest BCUT2D eigenvalue weighted by Crippen LogP contribution is -2.09. The number of halogens is 1. The van der Waals surface area contributed by atoms with Gasteiger partial charge in [-0.25, -0.2) is 19.1 Å². The van der Waals surface area contributed by atoms with Crippen molar-refractivity contribution in [3.8, 4) is 0 Å².